The van der Waals surface area contributed by atoms with Gasteiger partial charge in [0, 0.05) is 31.7 Å². The fourth-order valence-corrected chi connectivity index (χ4v) is 4.89. The molecule has 2 aliphatic carbocycles. The van der Waals surface area contributed by atoms with Crippen LogP contribution in [0.1, 0.15) is 18.4 Å². The maximum atomic E-state index is 12.7. The van der Waals surface area contributed by atoms with Crippen LogP contribution in [0.2, 0.25) is 5.02 Å². The van der Waals surface area contributed by atoms with Crippen LogP contribution in [0, 0.1) is 23.7 Å². The van der Waals surface area contributed by atoms with E-state index in [2.05, 4.69) is 27.8 Å². The van der Waals surface area contributed by atoms with Crippen LogP contribution in [0.15, 0.2) is 41.4 Å². The second kappa shape index (κ2) is 7.95. The molecule has 0 radical (unpaired) electrons. The van der Waals surface area contributed by atoms with Gasteiger partial charge in [-0.25, -0.2) is 0 Å². The van der Waals surface area contributed by atoms with Gasteiger partial charge in [0.2, 0.25) is 11.8 Å². The molecule has 3 aliphatic rings. The van der Waals surface area contributed by atoms with Crippen LogP contribution in [0.3, 0.4) is 0 Å². The van der Waals surface area contributed by atoms with Crippen LogP contribution in [0.5, 0.6) is 0 Å². The van der Waals surface area contributed by atoms with Crippen molar-refractivity contribution in [1.82, 2.24) is 15.5 Å². The first kappa shape index (κ1) is 19.0. The van der Waals surface area contributed by atoms with E-state index in [9.17, 15) is 9.59 Å². The smallest absolute Gasteiger partial charge is 0.233 e. The molecule has 4 unspecified atom stereocenters. The number of hydrogen-bond donors (Lipinski definition) is 2. The third-order valence-electron chi connectivity index (χ3n) is 5.99. The number of amides is 2. The number of halogens is 1. The Kier molecular flexibility index (Phi) is 5.40. The lowest BCUT2D eigenvalue weighted by atomic mass is 9.85. The number of aliphatic imine (C=N–C) groups is 1. The Bertz CT molecular complexity index is 807. The Morgan fingerprint density at radius 2 is 1.89 bits per heavy atom. The number of carbonyl (C=O) groups is 2. The molecule has 2 amide bonds. The van der Waals surface area contributed by atoms with Gasteiger partial charge in [-0.05, 0) is 42.4 Å². The molecule has 1 aromatic carbocycles. The Labute approximate surface area is 170 Å². The minimum atomic E-state index is -0.109. The predicted molar refractivity (Wildman–Crippen MR) is 109 cm³/mol. The van der Waals surface area contributed by atoms with Gasteiger partial charge >= 0.3 is 0 Å². The summed E-state index contributed by atoms with van der Waals surface area (Å²) in [6, 6.07) is 7.66. The molecule has 2 bridgehead atoms. The van der Waals surface area contributed by atoms with Gasteiger partial charge < -0.3 is 10.6 Å². The first-order valence-electron chi connectivity index (χ1n) is 9.81. The van der Waals surface area contributed by atoms with E-state index < -0.39 is 0 Å². The first-order valence-corrected chi connectivity index (χ1v) is 10.2. The molecule has 148 valence electrons. The molecule has 6 nitrogen and oxygen atoms in total. The van der Waals surface area contributed by atoms with Crippen molar-refractivity contribution in [2.75, 3.05) is 20.1 Å². The number of nitrogens with one attached hydrogen (secondary N) is 2. The van der Waals surface area contributed by atoms with Crippen molar-refractivity contribution < 1.29 is 9.59 Å². The number of rotatable bonds is 6. The van der Waals surface area contributed by atoms with E-state index in [1.807, 2.05) is 24.3 Å². The number of fused-ring (bicyclic) bond motifs is 5. The highest BCUT2D eigenvalue weighted by molar-refractivity contribution is 6.30. The van der Waals surface area contributed by atoms with Crippen molar-refractivity contribution in [2.24, 2.45) is 28.7 Å². The van der Waals surface area contributed by atoms with Crippen molar-refractivity contribution in [3.05, 3.63) is 47.0 Å². The largest absolute Gasteiger partial charge is 0.356 e. The average Bonchev–Trinajstić information content (AvgIpc) is 3.36. The Hall–Kier alpha value is -2.34. The third-order valence-corrected chi connectivity index (χ3v) is 6.22. The van der Waals surface area contributed by atoms with E-state index in [4.69, 9.17) is 11.6 Å². The summed E-state index contributed by atoms with van der Waals surface area (Å²) in [6.07, 6.45) is 5.91. The first-order chi connectivity index (χ1) is 13.6. The summed E-state index contributed by atoms with van der Waals surface area (Å²) in [5, 5.41) is 7.17. The normalized spacial score (nSPS) is 28.2. The number of benzene rings is 1. The van der Waals surface area contributed by atoms with Gasteiger partial charge in [-0.15, -0.1) is 0 Å². The molecule has 4 atom stereocenters. The number of hydrogen-bond acceptors (Lipinski definition) is 3. The molecule has 7 heteroatoms. The van der Waals surface area contributed by atoms with Crippen LogP contribution in [0.25, 0.3) is 0 Å². The summed E-state index contributed by atoms with van der Waals surface area (Å²) >= 11 is 6.00. The van der Waals surface area contributed by atoms with Crippen LogP contribution in [0.4, 0.5) is 0 Å². The second-order valence-corrected chi connectivity index (χ2v) is 8.10. The molecular weight excluding hydrogens is 376 g/mol. The predicted octanol–water partition coefficient (Wildman–Crippen LogP) is 2.20. The molecule has 0 spiro atoms. The molecule has 1 saturated heterocycles. The summed E-state index contributed by atoms with van der Waals surface area (Å²) < 4.78 is 0. The molecule has 28 heavy (non-hydrogen) atoms. The summed E-state index contributed by atoms with van der Waals surface area (Å²) in [5.41, 5.74) is 1.07. The summed E-state index contributed by atoms with van der Waals surface area (Å²) in [5.74, 6) is 1.04. The van der Waals surface area contributed by atoms with E-state index in [0.29, 0.717) is 37.0 Å². The van der Waals surface area contributed by atoms with Crippen molar-refractivity contribution in [3.8, 4) is 0 Å². The Morgan fingerprint density at radius 1 is 1.18 bits per heavy atom. The molecule has 4 rings (SSSR count). The zero-order valence-corrected chi connectivity index (χ0v) is 16.7. The van der Waals surface area contributed by atoms with Gasteiger partial charge in [-0.2, -0.15) is 0 Å². The van der Waals surface area contributed by atoms with Crippen LogP contribution >= 0.6 is 11.6 Å². The van der Waals surface area contributed by atoms with E-state index in [0.717, 1.165) is 12.0 Å². The van der Waals surface area contributed by atoms with Crippen molar-refractivity contribution in [2.45, 2.75) is 19.4 Å². The standard InChI is InChI=1S/C21H25ClN4O2/c1-23-21(25-12-13-4-2-5-16(22)10-13)24-8-3-9-26-19(27)17-14-6-7-15(11-14)18(17)20(26)28/h2,4-7,10,14-15,17-18H,3,8-9,11-12H2,1H3,(H2,23,24,25). The Balaban J connectivity index is 1.22. The van der Waals surface area contributed by atoms with Crippen molar-refractivity contribution >= 4 is 29.4 Å². The van der Waals surface area contributed by atoms with E-state index >= 15 is 0 Å². The monoisotopic (exact) mass is 400 g/mol. The summed E-state index contributed by atoms with van der Waals surface area (Å²) in [7, 11) is 1.71. The highest BCUT2D eigenvalue weighted by atomic mass is 35.5. The molecule has 0 aromatic heterocycles. The van der Waals surface area contributed by atoms with E-state index in [1.165, 1.54) is 4.90 Å². The maximum absolute atomic E-state index is 12.7. The second-order valence-electron chi connectivity index (χ2n) is 7.66. The van der Waals surface area contributed by atoms with Gasteiger partial charge in [0.25, 0.3) is 0 Å². The molecule has 1 saturated carbocycles. The zero-order valence-electron chi connectivity index (χ0n) is 15.9. The minimum absolute atomic E-state index is 0.0234. The van der Waals surface area contributed by atoms with Crippen LogP contribution < -0.4 is 10.6 Å². The molecule has 2 fully saturated rings. The molecule has 1 aromatic rings. The quantitative estimate of drug-likeness (QED) is 0.252. The molecule has 2 N–H and O–H groups in total. The average molecular weight is 401 g/mol. The zero-order chi connectivity index (χ0) is 19.7. The van der Waals surface area contributed by atoms with Gasteiger partial charge in [0.05, 0.1) is 11.8 Å². The lowest BCUT2D eigenvalue weighted by molar-refractivity contribution is -0.140. The van der Waals surface area contributed by atoms with E-state index in [-0.39, 0.29) is 35.5 Å². The van der Waals surface area contributed by atoms with Crippen molar-refractivity contribution in [3.63, 3.8) is 0 Å². The van der Waals surface area contributed by atoms with E-state index in [1.54, 1.807) is 7.05 Å². The van der Waals surface area contributed by atoms with Gasteiger partial charge in [0.1, 0.15) is 0 Å². The number of likely N-dealkylation sites (tertiary alicyclic amines) is 1. The number of imide groups is 1. The highest BCUT2D eigenvalue weighted by Crippen LogP contribution is 2.52. The fourth-order valence-electron chi connectivity index (χ4n) is 4.68. The number of nitrogens with zero attached hydrogens (tertiary/aromatic N) is 2. The topological polar surface area (TPSA) is 73.8 Å². The molecular formula is C21H25ClN4O2. The third kappa shape index (κ3) is 3.53. The summed E-state index contributed by atoms with van der Waals surface area (Å²) in [4.78, 5) is 31.0. The lowest BCUT2D eigenvalue weighted by Gasteiger charge is -2.18. The van der Waals surface area contributed by atoms with Gasteiger partial charge in [-0.3, -0.25) is 19.5 Å². The molecule has 1 aliphatic heterocycles. The lowest BCUT2D eigenvalue weighted by Crippen LogP contribution is -2.39. The fraction of sp³-hybridized carbons (Fsp3) is 0.476. The van der Waals surface area contributed by atoms with Crippen LogP contribution in [-0.4, -0.2) is 42.8 Å². The number of guanidine groups is 1. The maximum Gasteiger partial charge on any atom is 0.233 e. The number of carbonyl (C=O) groups excluding carboxylic acids is 2. The minimum Gasteiger partial charge on any atom is -0.356 e. The van der Waals surface area contributed by atoms with Gasteiger partial charge in [0.15, 0.2) is 5.96 Å². The molecule has 1 heterocycles. The highest BCUT2D eigenvalue weighted by Gasteiger charge is 2.58. The summed E-state index contributed by atoms with van der Waals surface area (Å²) in [6.45, 7) is 1.71. The van der Waals surface area contributed by atoms with Crippen molar-refractivity contribution in [1.29, 1.82) is 0 Å². The number of allylic oxidation sites excluding steroid dienone is 2. The SMILES string of the molecule is CN=C(NCCCN1C(=O)C2C3C=CC(C3)C2C1=O)NCc1cccc(Cl)c1. The Morgan fingerprint density at radius 3 is 2.54 bits per heavy atom. The van der Waals surface area contributed by atoms with Gasteiger partial charge in [-0.1, -0.05) is 35.9 Å². The van der Waals surface area contributed by atoms with Crippen LogP contribution in [-0.2, 0) is 16.1 Å².